The van der Waals surface area contributed by atoms with Crippen LogP contribution < -0.4 is 0 Å². The molecule has 0 aromatic heterocycles. The van der Waals surface area contributed by atoms with E-state index in [0.29, 0.717) is 52.7 Å². The molecule has 0 saturated heterocycles. The molecule has 0 heterocycles. The molecule has 0 aliphatic heterocycles. The van der Waals surface area contributed by atoms with E-state index in [1.165, 1.54) is 173 Å². The van der Waals surface area contributed by atoms with Crippen molar-refractivity contribution in [3.63, 3.8) is 0 Å². The summed E-state index contributed by atoms with van der Waals surface area (Å²) in [6.45, 7) is 36.6. The second-order valence-electron chi connectivity index (χ2n) is 30.3. The molecule has 8 nitrogen and oxygen atoms in total. The lowest BCUT2D eigenvalue weighted by atomic mass is 9.83. The van der Waals surface area contributed by atoms with Crippen LogP contribution in [0.4, 0.5) is 0 Å². The fraction of sp³-hybridized carbons (Fsp3) is 0.759. The zero-order valence-corrected chi connectivity index (χ0v) is 61.9. The first kappa shape index (κ1) is 85.5. The van der Waals surface area contributed by atoms with Gasteiger partial charge in [-0.1, -0.05) is 215 Å². The van der Waals surface area contributed by atoms with Crippen molar-refractivity contribution >= 4 is 23.1 Å². The summed E-state index contributed by atoms with van der Waals surface area (Å²) in [6.07, 6.45) is 52.1. The third kappa shape index (κ3) is 43.2. The predicted octanol–water partition coefficient (Wildman–Crippen LogP) is 21.9. The highest BCUT2D eigenvalue weighted by molar-refractivity contribution is 5.92. The predicted molar refractivity (Wildman–Crippen MR) is 389 cm³/mol. The summed E-state index contributed by atoms with van der Waals surface area (Å²) in [4.78, 5) is 44.5. The van der Waals surface area contributed by atoms with Crippen LogP contribution in [0.2, 0.25) is 0 Å². The summed E-state index contributed by atoms with van der Waals surface area (Å²) in [5, 5.41) is 37.7. The number of rotatable bonds is 18. The first-order chi connectivity index (χ1) is 43.1. The largest absolute Gasteiger partial charge is 0.389 e. The monoisotopic (exact) mass is 1270 g/mol. The summed E-state index contributed by atoms with van der Waals surface area (Å²) in [5.74, 6) is 7.53. The Labute approximate surface area is 560 Å². The van der Waals surface area contributed by atoms with E-state index in [9.17, 15) is 39.6 Å². The Balaban J connectivity index is 0.000000521. The van der Waals surface area contributed by atoms with Crippen LogP contribution in [-0.2, 0) is 19.2 Å². The fourth-order valence-corrected chi connectivity index (χ4v) is 15.2. The number of aliphatic hydroxyl groups excluding tert-OH is 4. The van der Waals surface area contributed by atoms with Gasteiger partial charge in [-0.25, -0.2) is 0 Å². The van der Waals surface area contributed by atoms with Crippen LogP contribution in [0, 0.1) is 53.3 Å². The van der Waals surface area contributed by atoms with Gasteiger partial charge < -0.3 is 20.4 Å². The summed E-state index contributed by atoms with van der Waals surface area (Å²) in [6, 6.07) is 0. The van der Waals surface area contributed by atoms with Crippen molar-refractivity contribution in [2.45, 2.75) is 354 Å². The van der Waals surface area contributed by atoms with Crippen LogP contribution in [0.1, 0.15) is 330 Å². The molecule has 0 amide bonds. The second-order valence-corrected chi connectivity index (χ2v) is 30.3. The van der Waals surface area contributed by atoms with E-state index in [1.807, 2.05) is 43.4 Å². The highest BCUT2D eigenvalue weighted by Gasteiger charge is 2.24. The van der Waals surface area contributed by atoms with E-state index in [4.69, 9.17) is 0 Å². The van der Waals surface area contributed by atoms with E-state index < -0.39 is 0 Å². The van der Waals surface area contributed by atoms with Crippen LogP contribution >= 0.6 is 0 Å². The molecule has 4 N–H and O–H groups in total. The van der Waals surface area contributed by atoms with Gasteiger partial charge in [-0.15, -0.1) is 0 Å². The molecule has 0 aromatic carbocycles. The Morgan fingerprint density at radius 3 is 0.901 bits per heavy atom. The number of carbonyl (C=O) groups is 4. The third-order valence-corrected chi connectivity index (χ3v) is 19.2. The van der Waals surface area contributed by atoms with Crippen LogP contribution in [-0.4, -0.2) is 68.0 Å². The molecule has 91 heavy (non-hydrogen) atoms. The number of hydrogen-bond donors (Lipinski definition) is 4. The molecule has 12 atom stereocenters. The minimum atomic E-state index is -0.178. The Morgan fingerprint density at radius 1 is 0.308 bits per heavy atom. The van der Waals surface area contributed by atoms with Crippen molar-refractivity contribution in [2.75, 3.05) is 0 Å². The Hall–Kier alpha value is -3.56. The molecule has 8 heteroatoms. The average Bonchev–Trinajstić information content (AvgIpc) is 3.58. The molecule has 0 saturated carbocycles. The quantitative estimate of drug-likeness (QED) is 0.0783. The van der Waals surface area contributed by atoms with Gasteiger partial charge in [0.25, 0.3) is 0 Å². The molecular weight excluding hydrogens is 1120 g/mol. The summed E-state index contributed by atoms with van der Waals surface area (Å²) >= 11 is 0. The maximum absolute atomic E-state index is 11.2. The molecule has 8 rings (SSSR count). The number of hydrogen-bond acceptors (Lipinski definition) is 8. The van der Waals surface area contributed by atoms with E-state index in [-0.39, 0.29) is 24.4 Å². The van der Waals surface area contributed by atoms with Crippen LogP contribution in [0.5, 0.6) is 0 Å². The van der Waals surface area contributed by atoms with E-state index in [2.05, 4.69) is 111 Å². The highest BCUT2D eigenvalue weighted by Crippen LogP contribution is 2.33. The van der Waals surface area contributed by atoms with Gasteiger partial charge in [-0.2, -0.15) is 0 Å². The van der Waals surface area contributed by atoms with Crippen molar-refractivity contribution in [2.24, 2.45) is 53.3 Å². The lowest BCUT2D eigenvalue weighted by Crippen LogP contribution is -2.18. The third-order valence-electron chi connectivity index (χ3n) is 19.2. The van der Waals surface area contributed by atoms with E-state index in [1.54, 1.807) is 12.2 Å². The van der Waals surface area contributed by atoms with E-state index >= 15 is 0 Å². The molecule has 0 bridgehead atoms. The topological polar surface area (TPSA) is 149 Å². The summed E-state index contributed by atoms with van der Waals surface area (Å²) in [7, 11) is 0. The van der Waals surface area contributed by atoms with Gasteiger partial charge in [-0.3, -0.25) is 19.2 Å². The van der Waals surface area contributed by atoms with Crippen molar-refractivity contribution in [1.82, 2.24) is 0 Å². The molecule has 8 aliphatic rings. The first-order valence-electron chi connectivity index (χ1n) is 37.3. The van der Waals surface area contributed by atoms with Gasteiger partial charge in [0.05, 0.1) is 24.4 Å². The Bertz CT molecular complexity index is 2320. The summed E-state index contributed by atoms with van der Waals surface area (Å²) in [5.41, 5.74) is 10.5. The molecule has 0 fully saturated rings. The molecule has 8 aliphatic carbocycles. The van der Waals surface area contributed by atoms with Crippen molar-refractivity contribution in [1.29, 1.82) is 0 Å². The number of allylic oxidation sites excluding steroid dienone is 12. The first-order valence-corrected chi connectivity index (χ1v) is 37.3. The maximum atomic E-state index is 11.2. The normalized spacial score (nSPS) is 27.9. The number of unbranched alkanes of at least 4 members (excludes halogenated alkanes) is 4. The van der Waals surface area contributed by atoms with E-state index in [0.717, 1.165) is 107 Å². The van der Waals surface area contributed by atoms with Gasteiger partial charge in [0.15, 0.2) is 23.1 Å². The van der Waals surface area contributed by atoms with Crippen molar-refractivity contribution in [3.8, 4) is 0 Å². The minimum Gasteiger partial charge on any atom is -0.389 e. The molecule has 12 unspecified atom stereocenters. The summed E-state index contributed by atoms with van der Waals surface area (Å²) < 4.78 is 0. The zero-order chi connectivity index (χ0) is 68.4. The lowest BCUT2D eigenvalue weighted by molar-refractivity contribution is -0.116. The Kier molecular flexibility index (Phi) is 46.9. The van der Waals surface area contributed by atoms with Crippen molar-refractivity contribution < 1.29 is 39.6 Å². The molecular formula is C83H142O8. The standard InChI is InChI=1S/C12H20O.2C11H20O.C11H18O.C10H18O.C10H16O.C9H16O.C9H14O/c1-3-4-5-6-11-7-10(2)8-12(13)9-11;1-8(2)4-10-5-9(3)6-11(12)7-10;2*1-3-4-5-10-6-9(2)7-11(12)8-10;2*1-3-4-9-5-8(2)6-10(11)7-9;2*1-3-8-4-7(2)5-9(10)6-8/h8,11H,3-7,9H2,1-2H3;6,8,10-12H,4-5,7H2,1-3H3;7,10-12H,3-6,8H2,1-2H3;7,10H,3-6,8H2,1-2H3;6,9-11H,3-5,7H2,1-2H3;6,9H,3-5,7H2,1-2H3;5,8-10H,3-4,6H2,1-2H3;5,8H,3-4,6H2,1-2H3. The van der Waals surface area contributed by atoms with Crippen LogP contribution in [0.3, 0.4) is 0 Å². The second kappa shape index (κ2) is 49.9. The highest BCUT2D eigenvalue weighted by atomic mass is 16.3. The van der Waals surface area contributed by atoms with Gasteiger partial charge in [0.2, 0.25) is 0 Å². The lowest BCUT2D eigenvalue weighted by Gasteiger charge is -2.25. The maximum Gasteiger partial charge on any atom is 0.155 e. The van der Waals surface area contributed by atoms with Crippen molar-refractivity contribution in [3.05, 3.63) is 93.2 Å². The molecule has 0 aromatic rings. The van der Waals surface area contributed by atoms with Gasteiger partial charge in [0, 0.05) is 25.7 Å². The van der Waals surface area contributed by atoms with Gasteiger partial charge in [0.1, 0.15) is 0 Å². The molecule has 0 radical (unpaired) electrons. The SMILES string of the molecule is CC1=CC(O)CC(CC(C)C)C1.CCC1CC(=O)C=C(C)C1.CCC1CC(C)=CC(O)C1.CCCC1CC(=O)C=C(C)C1.CCCC1CC(C)=CC(O)C1.CCCCC1CC(=O)C=C(C)C1.CCCCC1CC(C)=CC(O)C1.CCCCCC1CC(=O)C=C(C)C1. The van der Waals surface area contributed by atoms with Gasteiger partial charge in [-0.05, 0) is 236 Å². The number of aliphatic hydroxyl groups is 4. The van der Waals surface area contributed by atoms with Gasteiger partial charge >= 0.3 is 0 Å². The fourth-order valence-electron chi connectivity index (χ4n) is 15.2. The average molecular weight is 1270 g/mol. The zero-order valence-electron chi connectivity index (χ0n) is 61.9. The number of ketones is 4. The Morgan fingerprint density at radius 2 is 0.571 bits per heavy atom. The molecule has 522 valence electrons. The molecule has 0 spiro atoms. The minimum absolute atomic E-state index is 0.166. The number of carbonyl (C=O) groups excluding carboxylic acids is 4. The van der Waals surface area contributed by atoms with Crippen LogP contribution in [0.25, 0.3) is 0 Å². The smallest absolute Gasteiger partial charge is 0.155 e. The van der Waals surface area contributed by atoms with Crippen LogP contribution in [0.15, 0.2) is 93.2 Å².